The number of aliphatic hydroxyl groups excluding tert-OH is 1. The monoisotopic (exact) mass is 227 g/mol. The topological polar surface area (TPSA) is 32.3 Å². The molecule has 1 saturated carbocycles. The zero-order chi connectivity index (χ0) is 12.0. The molecule has 96 valence electrons. The van der Waals surface area contributed by atoms with Crippen molar-refractivity contribution in [2.45, 2.75) is 64.8 Å². The van der Waals surface area contributed by atoms with Crippen LogP contribution in [0.3, 0.4) is 0 Å². The number of rotatable bonds is 6. The Hall–Kier alpha value is -0.0800. The van der Waals surface area contributed by atoms with Gasteiger partial charge >= 0.3 is 0 Å². The van der Waals surface area contributed by atoms with Gasteiger partial charge in [0.2, 0.25) is 0 Å². The highest BCUT2D eigenvalue weighted by Crippen LogP contribution is 2.28. The van der Waals surface area contributed by atoms with E-state index in [9.17, 15) is 5.11 Å². The molecule has 0 spiro atoms. The van der Waals surface area contributed by atoms with Crippen LogP contribution < -0.4 is 5.32 Å². The average Bonchev–Trinajstić information content (AvgIpc) is 2.27. The predicted molar refractivity (Wildman–Crippen MR) is 69.5 cm³/mol. The molecule has 1 aliphatic rings. The lowest BCUT2D eigenvalue weighted by molar-refractivity contribution is 0.150. The zero-order valence-electron chi connectivity index (χ0n) is 11.3. The minimum atomic E-state index is -0.0601. The van der Waals surface area contributed by atoms with Crippen LogP contribution >= 0.6 is 0 Å². The summed E-state index contributed by atoms with van der Waals surface area (Å²) in [5.74, 6) is 1.72. The van der Waals surface area contributed by atoms with Crippen LogP contribution in [0.15, 0.2) is 0 Å². The molecule has 1 rings (SSSR count). The van der Waals surface area contributed by atoms with E-state index >= 15 is 0 Å². The maximum atomic E-state index is 9.44. The molecule has 0 saturated heterocycles. The molecule has 0 radical (unpaired) electrons. The van der Waals surface area contributed by atoms with E-state index in [1.807, 2.05) is 0 Å². The minimum absolute atomic E-state index is 0.0601. The molecular weight excluding hydrogens is 198 g/mol. The van der Waals surface area contributed by atoms with Crippen molar-refractivity contribution in [1.82, 2.24) is 5.32 Å². The fraction of sp³-hybridized carbons (Fsp3) is 1.00. The fourth-order valence-electron chi connectivity index (χ4n) is 2.91. The van der Waals surface area contributed by atoms with Gasteiger partial charge in [-0.3, -0.25) is 0 Å². The van der Waals surface area contributed by atoms with E-state index in [1.165, 1.54) is 25.7 Å². The van der Waals surface area contributed by atoms with Crippen molar-refractivity contribution in [3.8, 4) is 0 Å². The molecule has 2 N–H and O–H groups in total. The van der Waals surface area contributed by atoms with E-state index < -0.39 is 0 Å². The van der Waals surface area contributed by atoms with Gasteiger partial charge in [0.05, 0.1) is 6.61 Å². The third-order valence-corrected chi connectivity index (χ3v) is 4.01. The summed E-state index contributed by atoms with van der Waals surface area (Å²) >= 11 is 0. The predicted octanol–water partition coefficient (Wildman–Crippen LogP) is 2.95. The first-order valence-corrected chi connectivity index (χ1v) is 6.95. The first-order chi connectivity index (χ1) is 7.59. The normalized spacial score (nSPS) is 30.0. The van der Waals surface area contributed by atoms with Crippen LogP contribution in [0.2, 0.25) is 0 Å². The van der Waals surface area contributed by atoms with Crippen molar-refractivity contribution in [2.75, 3.05) is 13.2 Å². The lowest BCUT2D eigenvalue weighted by Gasteiger charge is -2.33. The molecule has 3 unspecified atom stereocenters. The summed E-state index contributed by atoms with van der Waals surface area (Å²) in [6.07, 6.45) is 7.71. The van der Waals surface area contributed by atoms with Crippen molar-refractivity contribution < 1.29 is 5.11 Å². The van der Waals surface area contributed by atoms with Crippen LogP contribution in [-0.2, 0) is 0 Å². The van der Waals surface area contributed by atoms with Crippen LogP contribution in [0, 0.1) is 11.8 Å². The van der Waals surface area contributed by atoms with E-state index in [0.29, 0.717) is 0 Å². The SMILES string of the molecule is CCCC(C)(CO)NCC1CCCC(C)C1. The molecule has 2 nitrogen and oxygen atoms in total. The highest BCUT2D eigenvalue weighted by Gasteiger charge is 2.25. The summed E-state index contributed by atoms with van der Waals surface area (Å²) < 4.78 is 0. The van der Waals surface area contributed by atoms with Crippen molar-refractivity contribution in [1.29, 1.82) is 0 Å². The van der Waals surface area contributed by atoms with E-state index in [1.54, 1.807) is 0 Å². The van der Waals surface area contributed by atoms with E-state index in [4.69, 9.17) is 0 Å². The number of nitrogens with one attached hydrogen (secondary N) is 1. The van der Waals surface area contributed by atoms with Gasteiger partial charge in [-0.05, 0) is 44.6 Å². The maximum Gasteiger partial charge on any atom is 0.0610 e. The molecule has 0 aromatic carbocycles. The molecular formula is C14H29NO. The second-order valence-electron chi connectivity index (χ2n) is 5.99. The molecule has 1 aliphatic carbocycles. The van der Waals surface area contributed by atoms with Gasteiger partial charge in [0.15, 0.2) is 0 Å². The highest BCUT2D eigenvalue weighted by molar-refractivity contribution is 4.84. The molecule has 0 aromatic rings. The molecule has 2 heteroatoms. The fourth-order valence-corrected chi connectivity index (χ4v) is 2.91. The Morgan fingerprint density at radius 1 is 1.38 bits per heavy atom. The van der Waals surface area contributed by atoms with Gasteiger partial charge < -0.3 is 10.4 Å². The van der Waals surface area contributed by atoms with Crippen molar-refractivity contribution in [3.63, 3.8) is 0 Å². The minimum Gasteiger partial charge on any atom is -0.394 e. The second kappa shape index (κ2) is 6.61. The van der Waals surface area contributed by atoms with E-state index in [2.05, 4.69) is 26.1 Å². The number of hydrogen-bond donors (Lipinski definition) is 2. The third kappa shape index (κ3) is 4.42. The summed E-state index contributed by atoms with van der Waals surface area (Å²) in [6.45, 7) is 8.02. The van der Waals surface area contributed by atoms with E-state index in [0.717, 1.165) is 31.2 Å². The summed E-state index contributed by atoms with van der Waals surface area (Å²) in [6, 6.07) is 0. The quantitative estimate of drug-likeness (QED) is 0.731. The third-order valence-electron chi connectivity index (χ3n) is 4.01. The summed E-state index contributed by atoms with van der Waals surface area (Å²) in [5, 5.41) is 13.0. The highest BCUT2D eigenvalue weighted by atomic mass is 16.3. The van der Waals surface area contributed by atoms with Crippen LogP contribution in [0.5, 0.6) is 0 Å². The Bertz CT molecular complexity index is 195. The van der Waals surface area contributed by atoms with Gasteiger partial charge in [0.1, 0.15) is 0 Å². The molecule has 0 aliphatic heterocycles. The smallest absolute Gasteiger partial charge is 0.0610 e. The first kappa shape index (κ1) is 14.0. The first-order valence-electron chi connectivity index (χ1n) is 6.95. The van der Waals surface area contributed by atoms with Gasteiger partial charge in [-0.2, -0.15) is 0 Å². The Morgan fingerprint density at radius 2 is 2.12 bits per heavy atom. The molecule has 3 atom stereocenters. The number of hydrogen-bond acceptors (Lipinski definition) is 2. The Kier molecular flexibility index (Phi) is 5.77. The standard InChI is InChI=1S/C14H29NO/c1-4-8-14(3,11-16)15-10-13-7-5-6-12(2)9-13/h12-13,15-16H,4-11H2,1-3H3. The van der Waals surface area contributed by atoms with Crippen molar-refractivity contribution in [2.24, 2.45) is 11.8 Å². The van der Waals surface area contributed by atoms with Gasteiger partial charge in [0.25, 0.3) is 0 Å². The van der Waals surface area contributed by atoms with E-state index in [-0.39, 0.29) is 12.1 Å². The van der Waals surface area contributed by atoms with Crippen LogP contribution in [0.25, 0.3) is 0 Å². The molecule has 0 aromatic heterocycles. The van der Waals surface area contributed by atoms with Crippen molar-refractivity contribution >= 4 is 0 Å². The van der Waals surface area contributed by atoms with Gasteiger partial charge in [-0.1, -0.05) is 33.1 Å². The Morgan fingerprint density at radius 3 is 2.69 bits per heavy atom. The Balaban J connectivity index is 2.31. The Labute approximate surface area is 101 Å². The second-order valence-corrected chi connectivity index (χ2v) is 5.99. The molecule has 0 bridgehead atoms. The average molecular weight is 227 g/mol. The van der Waals surface area contributed by atoms with Crippen LogP contribution in [0.1, 0.15) is 59.3 Å². The summed E-state index contributed by atoms with van der Waals surface area (Å²) in [7, 11) is 0. The van der Waals surface area contributed by atoms with Crippen LogP contribution in [-0.4, -0.2) is 23.8 Å². The van der Waals surface area contributed by atoms with Crippen LogP contribution in [0.4, 0.5) is 0 Å². The van der Waals surface area contributed by atoms with Crippen molar-refractivity contribution in [3.05, 3.63) is 0 Å². The molecule has 16 heavy (non-hydrogen) atoms. The largest absolute Gasteiger partial charge is 0.394 e. The molecule has 1 fully saturated rings. The number of aliphatic hydroxyl groups is 1. The summed E-state index contributed by atoms with van der Waals surface area (Å²) in [4.78, 5) is 0. The zero-order valence-corrected chi connectivity index (χ0v) is 11.3. The van der Waals surface area contributed by atoms with Gasteiger partial charge in [-0.15, -0.1) is 0 Å². The van der Waals surface area contributed by atoms with Gasteiger partial charge in [0, 0.05) is 5.54 Å². The summed E-state index contributed by atoms with van der Waals surface area (Å²) in [5.41, 5.74) is -0.0601. The molecule has 0 amide bonds. The lowest BCUT2D eigenvalue weighted by Crippen LogP contribution is -2.48. The maximum absolute atomic E-state index is 9.44. The molecule has 0 heterocycles. The lowest BCUT2D eigenvalue weighted by atomic mass is 9.82. The van der Waals surface area contributed by atoms with Gasteiger partial charge in [-0.25, -0.2) is 0 Å².